The van der Waals surface area contributed by atoms with E-state index in [1.54, 1.807) is 12.1 Å². The highest BCUT2D eigenvalue weighted by Gasteiger charge is 2.23. The zero-order chi connectivity index (χ0) is 27.8. The number of hydrogen-bond acceptors (Lipinski definition) is 7. The molecule has 0 amide bonds. The van der Waals surface area contributed by atoms with E-state index >= 15 is 0 Å². The van der Waals surface area contributed by atoms with Gasteiger partial charge < -0.3 is 20.4 Å². The molecule has 0 bridgehead atoms. The molecule has 4 N–H and O–H groups in total. The highest BCUT2D eigenvalue weighted by Crippen LogP contribution is 2.14. The van der Waals surface area contributed by atoms with E-state index in [4.69, 9.17) is 20.4 Å². The average Bonchev–Trinajstić information content (AvgIpc) is 2.85. The summed E-state index contributed by atoms with van der Waals surface area (Å²) in [5.74, 6) is -5.94. The summed E-state index contributed by atoms with van der Waals surface area (Å²) in [5.41, 5.74) is 0.878. The summed E-state index contributed by atoms with van der Waals surface area (Å²) in [6.45, 7) is 0. The van der Waals surface area contributed by atoms with Crippen LogP contribution in [0.4, 0.5) is 0 Å². The number of hydrogen-bond donors (Lipinski definition) is 4. The largest absolute Gasteiger partial charge is 0.481 e. The van der Waals surface area contributed by atoms with Gasteiger partial charge in [0.25, 0.3) is 0 Å². The van der Waals surface area contributed by atoms with Crippen molar-refractivity contribution in [3.63, 3.8) is 0 Å². The first-order valence-electron chi connectivity index (χ1n) is 11.1. The molecule has 0 saturated heterocycles. The van der Waals surface area contributed by atoms with Crippen LogP contribution in [-0.4, -0.2) is 69.2 Å². The number of nitrogens with zero attached hydrogens (tertiary/aromatic N) is 1. The van der Waals surface area contributed by atoms with E-state index < -0.39 is 57.3 Å². The molecule has 4 unspecified atom stereocenters. The Morgan fingerprint density at radius 2 is 1.22 bits per heavy atom. The van der Waals surface area contributed by atoms with E-state index in [0.29, 0.717) is 4.90 Å². The van der Waals surface area contributed by atoms with Crippen molar-refractivity contribution < 1.29 is 48.0 Å². The van der Waals surface area contributed by atoms with Crippen LogP contribution in [0.15, 0.2) is 59.8 Å². The van der Waals surface area contributed by atoms with Crippen LogP contribution in [-0.2, 0) is 46.5 Å². The number of aromatic nitrogens is 1. The highest BCUT2D eigenvalue weighted by molar-refractivity contribution is 7.85. The molecular formula is C24H29NO10S2. The lowest BCUT2D eigenvalue weighted by molar-refractivity contribution is -0.143. The van der Waals surface area contributed by atoms with Crippen molar-refractivity contribution in [2.24, 2.45) is 11.8 Å². The van der Waals surface area contributed by atoms with E-state index in [2.05, 4.69) is 4.98 Å². The summed E-state index contributed by atoms with van der Waals surface area (Å²) >= 11 is 0. The van der Waals surface area contributed by atoms with Crippen LogP contribution in [0.2, 0.25) is 0 Å². The summed E-state index contributed by atoms with van der Waals surface area (Å²) in [5, 5.41) is 35.0. The van der Waals surface area contributed by atoms with Crippen LogP contribution in [0.5, 0.6) is 0 Å². The minimum Gasteiger partial charge on any atom is -0.481 e. The van der Waals surface area contributed by atoms with Gasteiger partial charge in [-0.1, -0.05) is 30.3 Å². The monoisotopic (exact) mass is 555 g/mol. The van der Waals surface area contributed by atoms with E-state index in [-0.39, 0.29) is 42.9 Å². The second-order valence-electron chi connectivity index (χ2n) is 7.87. The highest BCUT2D eigenvalue weighted by atomic mass is 32.2. The molecule has 11 nitrogen and oxygen atoms in total. The van der Waals surface area contributed by atoms with Crippen LogP contribution in [0.1, 0.15) is 31.2 Å². The molecule has 0 aliphatic carbocycles. The normalized spacial score (nSPS) is 13.7. The van der Waals surface area contributed by atoms with Crippen molar-refractivity contribution in [2.45, 2.75) is 36.3 Å². The van der Waals surface area contributed by atoms with Gasteiger partial charge in [-0.15, -0.1) is 0 Å². The van der Waals surface area contributed by atoms with Crippen molar-refractivity contribution in [1.29, 1.82) is 0 Å². The molecule has 0 aliphatic heterocycles. The number of carboxylic acid groups (broad SMARTS) is 4. The Bertz CT molecular complexity index is 1080. The molecule has 0 radical (unpaired) electrons. The van der Waals surface area contributed by atoms with Gasteiger partial charge in [0.2, 0.25) is 0 Å². The topological polar surface area (TPSA) is 196 Å². The van der Waals surface area contributed by atoms with Crippen molar-refractivity contribution in [3.8, 4) is 0 Å². The molecule has 2 rings (SSSR count). The first-order chi connectivity index (χ1) is 17.5. The van der Waals surface area contributed by atoms with E-state index in [1.807, 2.05) is 30.3 Å². The quantitative estimate of drug-likeness (QED) is 0.251. The lowest BCUT2D eigenvalue weighted by Gasteiger charge is -2.10. The fourth-order valence-electron chi connectivity index (χ4n) is 2.96. The molecule has 1 aromatic carbocycles. The van der Waals surface area contributed by atoms with E-state index in [0.717, 1.165) is 5.56 Å². The van der Waals surface area contributed by atoms with E-state index in [1.165, 1.54) is 12.4 Å². The standard InChI is InChI=1S/C13H16O5S.C11H13NO5S/c14-12(15)7-6-11(13(16)17)9-19(18)8-10-4-2-1-3-5-10;13-10(14)2-1-8(11(15)16)7-18(17)9-3-5-12-6-4-9/h1-5,11H,6-9H2,(H,14,15)(H,16,17);3-6,8H,1-2,7H2,(H,13,14)(H,15,16). The van der Waals surface area contributed by atoms with Gasteiger partial charge in [0.15, 0.2) is 0 Å². The predicted molar refractivity (Wildman–Crippen MR) is 135 cm³/mol. The van der Waals surface area contributed by atoms with E-state index in [9.17, 15) is 27.6 Å². The second-order valence-corrected chi connectivity index (χ2v) is 10.9. The number of benzene rings is 1. The zero-order valence-electron chi connectivity index (χ0n) is 19.8. The predicted octanol–water partition coefficient (Wildman–Crippen LogP) is 2.26. The van der Waals surface area contributed by atoms with Gasteiger partial charge in [0.05, 0.1) is 22.6 Å². The minimum absolute atomic E-state index is 0.00516. The summed E-state index contributed by atoms with van der Waals surface area (Å²) in [6.07, 6.45) is 2.46. The Balaban J connectivity index is 0.000000371. The fraction of sp³-hybridized carbons (Fsp3) is 0.375. The molecule has 4 atom stereocenters. The van der Waals surface area contributed by atoms with Crippen molar-refractivity contribution in [1.82, 2.24) is 4.98 Å². The van der Waals surface area contributed by atoms with Gasteiger partial charge in [-0.25, -0.2) is 0 Å². The molecule has 0 fully saturated rings. The first kappa shape index (κ1) is 31.6. The summed E-state index contributed by atoms with van der Waals surface area (Å²) < 4.78 is 23.7. The SMILES string of the molecule is O=C(O)CCC(CS(=O)Cc1ccccc1)C(=O)O.O=C(O)CCC(CS(=O)c1ccncc1)C(=O)O. The zero-order valence-corrected chi connectivity index (χ0v) is 21.4. The number of rotatable bonds is 15. The molecule has 0 aliphatic rings. The molecule has 37 heavy (non-hydrogen) atoms. The average molecular weight is 556 g/mol. The van der Waals surface area contributed by atoms with Crippen LogP contribution in [0, 0.1) is 11.8 Å². The van der Waals surface area contributed by atoms with Crippen molar-refractivity contribution in [3.05, 3.63) is 60.4 Å². The summed E-state index contributed by atoms with van der Waals surface area (Å²) in [7, 11) is -2.77. The third-order valence-electron chi connectivity index (χ3n) is 4.93. The Hall–Kier alpha value is -3.45. The molecule has 1 heterocycles. The Morgan fingerprint density at radius 1 is 0.730 bits per heavy atom. The fourth-order valence-corrected chi connectivity index (χ4v) is 5.70. The summed E-state index contributed by atoms with van der Waals surface area (Å²) in [6, 6.07) is 12.2. The molecule has 2 aromatic rings. The molecule has 13 heteroatoms. The Morgan fingerprint density at radius 3 is 1.68 bits per heavy atom. The van der Waals surface area contributed by atoms with Crippen LogP contribution in [0.3, 0.4) is 0 Å². The maximum atomic E-state index is 11.9. The number of aliphatic carboxylic acids is 4. The molecule has 1 aromatic heterocycles. The van der Waals surface area contributed by atoms with Crippen molar-refractivity contribution in [2.75, 3.05) is 11.5 Å². The second kappa shape index (κ2) is 17.1. The number of carboxylic acids is 4. The Labute approximate surface area is 218 Å². The van der Waals surface area contributed by atoms with Gasteiger partial charge in [0, 0.05) is 58.2 Å². The molecule has 202 valence electrons. The van der Waals surface area contributed by atoms with Gasteiger partial charge >= 0.3 is 23.9 Å². The van der Waals surface area contributed by atoms with Crippen molar-refractivity contribution >= 4 is 45.5 Å². The summed E-state index contributed by atoms with van der Waals surface area (Å²) in [4.78, 5) is 47.0. The van der Waals surface area contributed by atoms with Gasteiger partial charge in [0.1, 0.15) is 0 Å². The minimum atomic E-state index is -1.46. The third kappa shape index (κ3) is 14.0. The molecule has 0 spiro atoms. The molecular weight excluding hydrogens is 526 g/mol. The number of pyridine rings is 1. The Kier molecular flexibility index (Phi) is 14.6. The van der Waals surface area contributed by atoms with Crippen LogP contribution < -0.4 is 0 Å². The van der Waals surface area contributed by atoms with Gasteiger partial charge in [-0.2, -0.15) is 0 Å². The maximum Gasteiger partial charge on any atom is 0.307 e. The lowest BCUT2D eigenvalue weighted by Crippen LogP contribution is -2.22. The lowest BCUT2D eigenvalue weighted by atomic mass is 10.1. The maximum absolute atomic E-state index is 11.9. The smallest absolute Gasteiger partial charge is 0.307 e. The number of carbonyl (C=O) groups is 4. The van der Waals surface area contributed by atoms with Crippen LogP contribution >= 0.6 is 0 Å². The first-order valence-corrected chi connectivity index (χ1v) is 13.9. The van der Waals surface area contributed by atoms with Gasteiger partial charge in [-0.3, -0.25) is 32.6 Å². The van der Waals surface area contributed by atoms with Gasteiger partial charge in [-0.05, 0) is 30.5 Å². The van der Waals surface area contributed by atoms with Crippen LogP contribution in [0.25, 0.3) is 0 Å². The molecule has 0 saturated carbocycles. The third-order valence-corrected chi connectivity index (χ3v) is 7.87.